The molecule has 0 atom stereocenters. The molecular formula is C13H28N2O3. The lowest BCUT2D eigenvalue weighted by Gasteiger charge is -2.30. The summed E-state index contributed by atoms with van der Waals surface area (Å²) in [6.07, 6.45) is 3.81. The summed E-state index contributed by atoms with van der Waals surface area (Å²) >= 11 is 0. The molecule has 5 heteroatoms. The number of carbonyl (C=O) groups excluding carboxylic acids is 1. The molecule has 1 amide bonds. The molecule has 0 bridgehead atoms. The van der Waals surface area contributed by atoms with E-state index < -0.39 is 6.09 Å². The van der Waals surface area contributed by atoms with Gasteiger partial charge in [0, 0.05) is 12.6 Å². The Morgan fingerprint density at radius 1 is 1.28 bits per heavy atom. The lowest BCUT2D eigenvalue weighted by Crippen LogP contribution is -2.43. The highest BCUT2D eigenvalue weighted by molar-refractivity contribution is 5.68. The smallest absolute Gasteiger partial charge is 0.410 e. The first-order chi connectivity index (χ1) is 8.39. The number of nitrogens with one attached hydrogen (secondary N) is 1. The van der Waals surface area contributed by atoms with Crippen LogP contribution in [0.3, 0.4) is 0 Å². The fourth-order valence-electron chi connectivity index (χ4n) is 1.31. The zero-order chi connectivity index (χ0) is 14.0. The van der Waals surface area contributed by atoms with Crippen molar-refractivity contribution in [1.82, 2.24) is 10.2 Å². The third-order valence-corrected chi connectivity index (χ3v) is 2.80. The molecular weight excluding hydrogens is 232 g/mol. The van der Waals surface area contributed by atoms with E-state index in [1.807, 2.05) is 20.8 Å². The van der Waals surface area contributed by atoms with Crippen LogP contribution in [0.5, 0.6) is 0 Å². The number of rotatable bonds is 2. The van der Waals surface area contributed by atoms with Gasteiger partial charge in [0.15, 0.2) is 0 Å². The summed E-state index contributed by atoms with van der Waals surface area (Å²) in [5, 5.41) is 11.7. The monoisotopic (exact) mass is 260 g/mol. The Morgan fingerprint density at radius 3 is 2.11 bits per heavy atom. The van der Waals surface area contributed by atoms with E-state index >= 15 is 0 Å². The molecule has 0 aliphatic carbocycles. The average molecular weight is 260 g/mol. The van der Waals surface area contributed by atoms with Crippen molar-refractivity contribution in [3.05, 3.63) is 0 Å². The molecule has 1 heterocycles. The first-order valence-corrected chi connectivity index (χ1v) is 6.61. The van der Waals surface area contributed by atoms with E-state index in [0.717, 1.165) is 0 Å². The molecule has 1 aliphatic heterocycles. The predicted molar refractivity (Wildman–Crippen MR) is 72.7 cm³/mol. The quantitative estimate of drug-likeness (QED) is 0.792. The summed E-state index contributed by atoms with van der Waals surface area (Å²) in [5.74, 6) is 0. The van der Waals surface area contributed by atoms with E-state index in [2.05, 4.69) is 5.32 Å². The fourth-order valence-corrected chi connectivity index (χ4v) is 1.31. The Labute approximate surface area is 110 Å². The van der Waals surface area contributed by atoms with Gasteiger partial charge in [-0.3, -0.25) is 0 Å². The number of piperidine rings is 1. The summed E-state index contributed by atoms with van der Waals surface area (Å²) in [6, 6.07) is 0. The minimum atomic E-state index is -0.406. The zero-order valence-corrected chi connectivity index (χ0v) is 12.2. The van der Waals surface area contributed by atoms with Crippen LogP contribution in [0.15, 0.2) is 0 Å². The van der Waals surface area contributed by atoms with E-state index in [1.54, 1.807) is 7.05 Å². The molecule has 1 saturated heterocycles. The first kappa shape index (κ1) is 17.2. The molecule has 0 spiro atoms. The number of amides is 1. The van der Waals surface area contributed by atoms with Crippen LogP contribution in [0.4, 0.5) is 4.79 Å². The number of hydrogen-bond donors (Lipinski definition) is 2. The van der Waals surface area contributed by atoms with Gasteiger partial charge in [-0.2, -0.15) is 0 Å². The molecule has 0 aromatic carbocycles. The van der Waals surface area contributed by atoms with Crippen molar-refractivity contribution in [2.45, 2.75) is 45.6 Å². The van der Waals surface area contributed by atoms with Crippen LogP contribution in [-0.4, -0.2) is 55.0 Å². The van der Waals surface area contributed by atoms with E-state index in [9.17, 15) is 4.79 Å². The van der Waals surface area contributed by atoms with Gasteiger partial charge in [-0.25, -0.2) is 4.79 Å². The van der Waals surface area contributed by atoms with Crippen molar-refractivity contribution in [2.24, 2.45) is 0 Å². The van der Waals surface area contributed by atoms with Gasteiger partial charge >= 0.3 is 6.09 Å². The summed E-state index contributed by atoms with van der Waals surface area (Å²) in [6.45, 7) is 8.15. The van der Waals surface area contributed by atoms with Gasteiger partial charge in [-0.05, 0) is 46.7 Å². The predicted octanol–water partition coefficient (Wildman–Crippen LogP) is 1.61. The minimum absolute atomic E-state index is 0.0548. The third-order valence-electron chi connectivity index (χ3n) is 2.80. The average Bonchev–Trinajstić information content (AvgIpc) is 2.36. The van der Waals surface area contributed by atoms with Gasteiger partial charge in [0.1, 0.15) is 6.61 Å². The normalized spacial score (nSPS) is 15.4. The van der Waals surface area contributed by atoms with Crippen molar-refractivity contribution >= 4 is 6.09 Å². The number of hydrogen-bond acceptors (Lipinski definition) is 4. The highest BCUT2D eigenvalue weighted by Crippen LogP contribution is 2.11. The Morgan fingerprint density at radius 2 is 1.83 bits per heavy atom. The lowest BCUT2D eigenvalue weighted by atomic mass is 10.1. The summed E-state index contributed by atoms with van der Waals surface area (Å²) in [4.78, 5) is 12.6. The van der Waals surface area contributed by atoms with Gasteiger partial charge in [0.25, 0.3) is 0 Å². The second-order valence-electron chi connectivity index (χ2n) is 5.38. The fraction of sp³-hybridized carbons (Fsp3) is 0.923. The molecule has 1 rings (SSSR count). The maximum absolute atomic E-state index is 11.1. The first-order valence-electron chi connectivity index (χ1n) is 6.61. The number of aliphatic hydroxyl groups excluding tert-OH is 1. The summed E-state index contributed by atoms with van der Waals surface area (Å²) < 4.78 is 4.72. The van der Waals surface area contributed by atoms with Crippen molar-refractivity contribution < 1.29 is 14.6 Å². The molecule has 2 N–H and O–H groups in total. The molecule has 5 nitrogen and oxygen atoms in total. The largest absolute Gasteiger partial charge is 0.447 e. The van der Waals surface area contributed by atoms with Crippen LogP contribution in [0.2, 0.25) is 0 Å². The number of nitrogens with zero attached hydrogens (tertiary/aromatic N) is 1. The molecule has 1 fully saturated rings. The lowest BCUT2D eigenvalue weighted by molar-refractivity contribution is 0.0672. The van der Waals surface area contributed by atoms with E-state index in [0.29, 0.717) is 0 Å². The Balaban J connectivity index is 0.000000397. The van der Waals surface area contributed by atoms with Crippen LogP contribution >= 0.6 is 0 Å². The zero-order valence-electron chi connectivity index (χ0n) is 12.2. The van der Waals surface area contributed by atoms with Gasteiger partial charge < -0.3 is 20.1 Å². The highest BCUT2D eigenvalue weighted by Gasteiger charge is 2.22. The SMILES string of the molecule is C1CCNCC1.CN(C(=O)OCCO)C(C)(C)C. The maximum atomic E-state index is 11.1. The van der Waals surface area contributed by atoms with E-state index in [-0.39, 0.29) is 18.8 Å². The second-order valence-corrected chi connectivity index (χ2v) is 5.38. The molecule has 108 valence electrons. The molecule has 1 aliphatic rings. The minimum Gasteiger partial charge on any atom is -0.447 e. The Kier molecular flexibility index (Phi) is 8.75. The molecule has 0 radical (unpaired) electrons. The molecule has 0 saturated carbocycles. The molecule has 0 unspecified atom stereocenters. The van der Waals surface area contributed by atoms with Gasteiger partial charge in [0.05, 0.1) is 6.61 Å². The molecule has 18 heavy (non-hydrogen) atoms. The molecule has 0 aromatic rings. The van der Waals surface area contributed by atoms with Crippen LogP contribution in [0.1, 0.15) is 40.0 Å². The standard InChI is InChI=1S/C8H17NO3.C5H11N/c1-8(2,3)9(4)7(11)12-6-5-10;1-2-4-6-5-3-1/h10H,5-6H2,1-4H3;6H,1-5H2. The van der Waals surface area contributed by atoms with Crippen molar-refractivity contribution in [2.75, 3.05) is 33.4 Å². The van der Waals surface area contributed by atoms with Crippen LogP contribution < -0.4 is 5.32 Å². The third kappa shape index (κ3) is 8.31. The van der Waals surface area contributed by atoms with Crippen molar-refractivity contribution in [3.8, 4) is 0 Å². The van der Waals surface area contributed by atoms with E-state index in [1.165, 1.54) is 37.3 Å². The van der Waals surface area contributed by atoms with Crippen LogP contribution in [-0.2, 0) is 4.74 Å². The number of ether oxygens (including phenoxy) is 1. The number of carbonyl (C=O) groups is 1. The van der Waals surface area contributed by atoms with Gasteiger partial charge in [-0.15, -0.1) is 0 Å². The molecule has 0 aromatic heterocycles. The van der Waals surface area contributed by atoms with Crippen molar-refractivity contribution in [3.63, 3.8) is 0 Å². The van der Waals surface area contributed by atoms with Crippen LogP contribution in [0.25, 0.3) is 0 Å². The van der Waals surface area contributed by atoms with E-state index in [4.69, 9.17) is 9.84 Å². The van der Waals surface area contributed by atoms with Crippen LogP contribution in [0, 0.1) is 0 Å². The Hall–Kier alpha value is -0.810. The van der Waals surface area contributed by atoms with Crippen molar-refractivity contribution in [1.29, 1.82) is 0 Å². The summed E-state index contributed by atoms with van der Waals surface area (Å²) in [5.41, 5.74) is -0.244. The summed E-state index contributed by atoms with van der Waals surface area (Å²) in [7, 11) is 1.67. The second kappa shape index (κ2) is 9.16. The Bertz CT molecular complexity index is 211. The number of aliphatic hydroxyl groups is 1. The maximum Gasteiger partial charge on any atom is 0.410 e. The van der Waals surface area contributed by atoms with Gasteiger partial charge in [-0.1, -0.05) is 6.42 Å². The highest BCUT2D eigenvalue weighted by atomic mass is 16.6. The topological polar surface area (TPSA) is 61.8 Å². The van der Waals surface area contributed by atoms with Gasteiger partial charge in [0.2, 0.25) is 0 Å².